The van der Waals surface area contributed by atoms with Crippen molar-refractivity contribution in [2.45, 2.75) is 52.7 Å². The maximum atomic E-state index is 6.01. The first kappa shape index (κ1) is 11.9. The van der Waals surface area contributed by atoms with E-state index in [1.165, 1.54) is 18.4 Å². The highest BCUT2D eigenvalue weighted by atomic mass is 16.5. The van der Waals surface area contributed by atoms with Gasteiger partial charge in [-0.05, 0) is 44.1 Å². The van der Waals surface area contributed by atoms with Gasteiger partial charge in [-0.3, -0.25) is 0 Å². The van der Waals surface area contributed by atoms with Crippen LogP contribution in [0.2, 0.25) is 0 Å². The lowest BCUT2D eigenvalue weighted by Crippen LogP contribution is -2.32. The molecule has 0 saturated heterocycles. The highest BCUT2D eigenvalue weighted by Crippen LogP contribution is 2.47. The zero-order valence-electron chi connectivity index (χ0n) is 11.0. The Morgan fingerprint density at radius 3 is 2.69 bits per heavy atom. The molecule has 90 valence electrons. The van der Waals surface area contributed by atoms with Crippen LogP contribution in [-0.2, 0) is 4.74 Å². The second-order valence-corrected chi connectivity index (χ2v) is 5.76. The molecule has 4 atom stereocenters. The second-order valence-electron chi connectivity index (χ2n) is 5.76. The van der Waals surface area contributed by atoms with E-state index in [1.807, 2.05) is 6.08 Å². The first-order valence-corrected chi connectivity index (χ1v) is 6.52. The minimum absolute atomic E-state index is 0.159. The summed E-state index contributed by atoms with van der Waals surface area (Å²) < 4.78 is 6.01. The predicted molar refractivity (Wildman–Crippen MR) is 68.3 cm³/mol. The summed E-state index contributed by atoms with van der Waals surface area (Å²) >= 11 is 0. The van der Waals surface area contributed by atoms with Crippen LogP contribution in [0.25, 0.3) is 0 Å². The summed E-state index contributed by atoms with van der Waals surface area (Å²) in [6, 6.07) is 0. The van der Waals surface area contributed by atoms with Gasteiger partial charge >= 0.3 is 0 Å². The third-order valence-corrected chi connectivity index (χ3v) is 4.50. The van der Waals surface area contributed by atoms with Crippen molar-refractivity contribution < 1.29 is 4.74 Å². The Morgan fingerprint density at radius 2 is 2.12 bits per heavy atom. The molecule has 0 N–H and O–H groups in total. The first-order chi connectivity index (χ1) is 7.54. The van der Waals surface area contributed by atoms with E-state index in [9.17, 15) is 0 Å². The van der Waals surface area contributed by atoms with Gasteiger partial charge in [0.25, 0.3) is 0 Å². The Kier molecular flexibility index (Phi) is 3.25. The fraction of sp³-hybridized carbons (Fsp3) is 0.733. The van der Waals surface area contributed by atoms with E-state index in [0.717, 1.165) is 11.8 Å². The highest BCUT2D eigenvalue weighted by Gasteiger charge is 2.40. The Hall–Kier alpha value is -0.560. The zero-order valence-corrected chi connectivity index (χ0v) is 11.0. The lowest BCUT2D eigenvalue weighted by atomic mass is 9.88. The third kappa shape index (κ3) is 1.86. The molecule has 1 saturated carbocycles. The van der Waals surface area contributed by atoms with Gasteiger partial charge in [-0.15, -0.1) is 6.58 Å². The molecule has 0 bridgehead atoms. The average Bonchev–Trinajstić information content (AvgIpc) is 2.68. The van der Waals surface area contributed by atoms with Crippen LogP contribution in [0, 0.1) is 17.8 Å². The molecule has 0 spiro atoms. The third-order valence-electron chi connectivity index (χ3n) is 4.50. The molecule has 1 heteroatoms. The molecule has 0 aromatic carbocycles. The Balaban J connectivity index is 2.27. The number of fused-ring (bicyclic) bond motifs is 1. The van der Waals surface area contributed by atoms with Crippen molar-refractivity contribution in [3.05, 3.63) is 23.8 Å². The van der Waals surface area contributed by atoms with Gasteiger partial charge in [0.15, 0.2) is 0 Å². The minimum atomic E-state index is 0.159. The second kappa shape index (κ2) is 4.37. The molecule has 1 heterocycles. The average molecular weight is 220 g/mol. The Morgan fingerprint density at radius 1 is 1.44 bits per heavy atom. The first-order valence-electron chi connectivity index (χ1n) is 6.52. The van der Waals surface area contributed by atoms with Crippen LogP contribution >= 0.6 is 0 Å². The number of rotatable bonds is 2. The lowest BCUT2D eigenvalue weighted by Gasteiger charge is -2.33. The Bertz CT molecular complexity index is 313. The van der Waals surface area contributed by atoms with Crippen LogP contribution in [0.15, 0.2) is 23.8 Å². The largest absolute Gasteiger partial charge is 0.366 e. The standard InChI is InChI=1S/C15H24O/c1-6-15-10(4)13-7-12(9(2)3)8-14(13)11(5)16-15/h6,9,11-12,14-15H,1,7-8H2,2-5H3. The molecule has 1 fully saturated rings. The van der Waals surface area contributed by atoms with E-state index >= 15 is 0 Å². The topological polar surface area (TPSA) is 9.23 Å². The van der Waals surface area contributed by atoms with Crippen molar-refractivity contribution >= 4 is 0 Å². The van der Waals surface area contributed by atoms with Crippen molar-refractivity contribution in [2.75, 3.05) is 0 Å². The maximum Gasteiger partial charge on any atom is 0.0968 e. The van der Waals surface area contributed by atoms with Gasteiger partial charge in [0.2, 0.25) is 0 Å². The fourth-order valence-electron chi connectivity index (χ4n) is 3.27. The van der Waals surface area contributed by atoms with E-state index < -0.39 is 0 Å². The smallest absolute Gasteiger partial charge is 0.0968 e. The van der Waals surface area contributed by atoms with Crippen LogP contribution in [0.1, 0.15) is 40.5 Å². The van der Waals surface area contributed by atoms with Crippen LogP contribution in [-0.4, -0.2) is 12.2 Å². The summed E-state index contributed by atoms with van der Waals surface area (Å²) in [7, 11) is 0. The number of ether oxygens (including phenoxy) is 1. The van der Waals surface area contributed by atoms with Crippen molar-refractivity contribution in [3.8, 4) is 0 Å². The molecule has 16 heavy (non-hydrogen) atoms. The lowest BCUT2D eigenvalue weighted by molar-refractivity contribution is 0.000957. The minimum Gasteiger partial charge on any atom is -0.366 e. The summed E-state index contributed by atoms with van der Waals surface area (Å²) in [6.45, 7) is 13.0. The van der Waals surface area contributed by atoms with Crippen molar-refractivity contribution in [1.29, 1.82) is 0 Å². The van der Waals surface area contributed by atoms with Crippen molar-refractivity contribution in [1.82, 2.24) is 0 Å². The van der Waals surface area contributed by atoms with Crippen LogP contribution in [0.4, 0.5) is 0 Å². The monoisotopic (exact) mass is 220 g/mol. The SMILES string of the molecule is C=CC1OC(C)C2CC(C(C)C)CC2=C1C. The summed E-state index contributed by atoms with van der Waals surface area (Å²) in [5.74, 6) is 2.31. The van der Waals surface area contributed by atoms with E-state index in [2.05, 4.69) is 34.3 Å². The van der Waals surface area contributed by atoms with E-state index in [1.54, 1.807) is 5.57 Å². The van der Waals surface area contributed by atoms with Gasteiger partial charge in [-0.2, -0.15) is 0 Å². The van der Waals surface area contributed by atoms with Gasteiger partial charge < -0.3 is 4.74 Å². The molecule has 1 nitrogen and oxygen atoms in total. The quantitative estimate of drug-likeness (QED) is 0.640. The summed E-state index contributed by atoms with van der Waals surface area (Å²) in [5, 5.41) is 0. The molecule has 0 amide bonds. The molecule has 0 aromatic heterocycles. The molecule has 4 unspecified atom stereocenters. The summed E-state index contributed by atoms with van der Waals surface area (Å²) in [4.78, 5) is 0. The predicted octanol–water partition coefficient (Wildman–Crippen LogP) is 3.96. The van der Waals surface area contributed by atoms with Gasteiger partial charge in [0, 0.05) is 5.92 Å². The molecular weight excluding hydrogens is 196 g/mol. The van der Waals surface area contributed by atoms with Gasteiger partial charge in [0.05, 0.1) is 12.2 Å². The highest BCUT2D eigenvalue weighted by molar-refractivity contribution is 5.29. The van der Waals surface area contributed by atoms with Crippen molar-refractivity contribution in [2.24, 2.45) is 17.8 Å². The van der Waals surface area contributed by atoms with Crippen LogP contribution in [0.5, 0.6) is 0 Å². The van der Waals surface area contributed by atoms with E-state index in [4.69, 9.17) is 4.74 Å². The van der Waals surface area contributed by atoms with Gasteiger partial charge in [-0.25, -0.2) is 0 Å². The van der Waals surface area contributed by atoms with Crippen LogP contribution in [0.3, 0.4) is 0 Å². The number of hydrogen-bond donors (Lipinski definition) is 0. The van der Waals surface area contributed by atoms with Crippen molar-refractivity contribution in [3.63, 3.8) is 0 Å². The Labute approximate surface area is 99.6 Å². The summed E-state index contributed by atoms with van der Waals surface area (Å²) in [6.07, 6.45) is 5.07. The molecule has 0 radical (unpaired) electrons. The van der Waals surface area contributed by atoms with E-state index in [-0.39, 0.29) is 6.10 Å². The molecule has 1 aliphatic carbocycles. The van der Waals surface area contributed by atoms with Gasteiger partial charge in [-0.1, -0.05) is 25.5 Å². The molecule has 0 aromatic rings. The fourth-order valence-corrected chi connectivity index (χ4v) is 3.27. The molecule has 1 aliphatic heterocycles. The molecular formula is C15H24O. The normalized spacial score (nSPS) is 39.1. The maximum absolute atomic E-state index is 6.01. The van der Waals surface area contributed by atoms with E-state index in [0.29, 0.717) is 12.0 Å². The molecule has 2 aliphatic rings. The van der Waals surface area contributed by atoms with Crippen LogP contribution < -0.4 is 0 Å². The number of hydrogen-bond acceptors (Lipinski definition) is 1. The zero-order chi connectivity index (χ0) is 11.9. The molecule has 2 rings (SSSR count). The summed E-state index contributed by atoms with van der Waals surface area (Å²) in [5.41, 5.74) is 3.10. The van der Waals surface area contributed by atoms with Gasteiger partial charge in [0.1, 0.15) is 0 Å².